The Bertz CT molecular complexity index is 718. The van der Waals surface area contributed by atoms with Crippen LogP contribution in [0.1, 0.15) is 12.8 Å². The maximum Gasteiger partial charge on any atom is 0.224 e. The van der Waals surface area contributed by atoms with Crippen molar-refractivity contribution in [3.8, 4) is 5.75 Å². The number of halogens is 1. The van der Waals surface area contributed by atoms with Crippen molar-refractivity contribution in [2.75, 3.05) is 43.1 Å². The van der Waals surface area contributed by atoms with Crippen molar-refractivity contribution < 1.29 is 14.3 Å². The summed E-state index contributed by atoms with van der Waals surface area (Å²) < 4.78 is 11.9. The van der Waals surface area contributed by atoms with Crippen LogP contribution in [0, 0.1) is 0 Å². The second kappa shape index (κ2) is 9.54. The molecule has 2 aromatic rings. The predicted molar refractivity (Wildman–Crippen MR) is 105 cm³/mol. The Hall–Kier alpha value is -2.12. The molecule has 7 heteroatoms. The van der Waals surface area contributed by atoms with Crippen LogP contribution in [0.25, 0.3) is 0 Å². The van der Waals surface area contributed by atoms with Crippen molar-refractivity contribution in [3.63, 3.8) is 0 Å². The standard InChI is InChI=1S/C19H22BrN3O3/c20-15-3-1-4-17(13-15)26-10-2-5-19(24)22-16-6-7-18(21-14-16)23-8-11-25-12-9-23/h1,3-4,6-7,13-14H,2,5,8-12H2,(H,22,24). The number of anilines is 2. The summed E-state index contributed by atoms with van der Waals surface area (Å²) >= 11 is 3.40. The molecule has 3 rings (SSSR count). The van der Waals surface area contributed by atoms with Gasteiger partial charge < -0.3 is 19.7 Å². The Balaban J connectivity index is 1.39. The largest absolute Gasteiger partial charge is 0.494 e. The lowest BCUT2D eigenvalue weighted by atomic mass is 10.3. The third-order valence-corrected chi connectivity index (χ3v) is 4.47. The summed E-state index contributed by atoms with van der Waals surface area (Å²) in [5.74, 6) is 1.67. The lowest BCUT2D eigenvalue weighted by Gasteiger charge is -2.27. The van der Waals surface area contributed by atoms with E-state index in [0.29, 0.717) is 25.1 Å². The fourth-order valence-corrected chi connectivity index (χ4v) is 3.02. The zero-order valence-electron chi connectivity index (χ0n) is 14.5. The Morgan fingerprint density at radius 2 is 2.12 bits per heavy atom. The Kier molecular flexibility index (Phi) is 6.85. The van der Waals surface area contributed by atoms with Crippen LogP contribution in [0.5, 0.6) is 5.75 Å². The van der Waals surface area contributed by atoms with E-state index >= 15 is 0 Å². The number of amides is 1. The second-order valence-electron chi connectivity index (χ2n) is 5.96. The van der Waals surface area contributed by atoms with E-state index in [1.807, 2.05) is 36.4 Å². The fraction of sp³-hybridized carbons (Fsp3) is 0.368. The lowest BCUT2D eigenvalue weighted by molar-refractivity contribution is -0.116. The zero-order chi connectivity index (χ0) is 18.2. The summed E-state index contributed by atoms with van der Waals surface area (Å²) in [4.78, 5) is 18.6. The molecule has 0 bridgehead atoms. The molecule has 1 aromatic heterocycles. The number of aromatic nitrogens is 1. The van der Waals surface area contributed by atoms with Gasteiger partial charge in [0, 0.05) is 24.0 Å². The number of nitrogens with zero attached hydrogens (tertiary/aromatic N) is 2. The van der Waals surface area contributed by atoms with E-state index in [4.69, 9.17) is 9.47 Å². The number of nitrogens with one attached hydrogen (secondary N) is 1. The summed E-state index contributed by atoms with van der Waals surface area (Å²) in [7, 11) is 0. The maximum atomic E-state index is 12.0. The fourth-order valence-electron chi connectivity index (χ4n) is 2.64. The van der Waals surface area contributed by atoms with Crippen molar-refractivity contribution in [2.45, 2.75) is 12.8 Å². The molecule has 1 aliphatic rings. The van der Waals surface area contributed by atoms with Crippen LogP contribution in [0.2, 0.25) is 0 Å². The van der Waals surface area contributed by atoms with Gasteiger partial charge in [0.05, 0.1) is 31.7 Å². The van der Waals surface area contributed by atoms with Gasteiger partial charge in [-0.05, 0) is 36.8 Å². The van der Waals surface area contributed by atoms with E-state index in [1.165, 1.54) is 0 Å². The molecule has 1 amide bonds. The van der Waals surface area contributed by atoms with Crippen molar-refractivity contribution in [3.05, 3.63) is 47.1 Å². The number of morpholine rings is 1. The van der Waals surface area contributed by atoms with Crippen LogP contribution in [0.3, 0.4) is 0 Å². The van der Waals surface area contributed by atoms with Crippen LogP contribution in [-0.2, 0) is 9.53 Å². The minimum Gasteiger partial charge on any atom is -0.494 e. The van der Waals surface area contributed by atoms with Gasteiger partial charge in [0.2, 0.25) is 5.91 Å². The van der Waals surface area contributed by atoms with Crippen molar-refractivity contribution >= 4 is 33.3 Å². The van der Waals surface area contributed by atoms with Gasteiger partial charge >= 0.3 is 0 Å². The summed E-state index contributed by atoms with van der Waals surface area (Å²) in [5, 5.41) is 2.87. The Labute approximate surface area is 161 Å². The number of pyridine rings is 1. The molecule has 0 unspecified atom stereocenters. The molecule has 1 N–H and O–H groups in total. The number of ether oxygens (including phenoxy) is 2. The highest BCUT2D eigenvalue weighted by Gasteiger charge is 2.12. The van der Waals surface area contributed by atoms with Crippen LogP contribution in [0.15, 0.2) is 47.1 Å². The van der Waals surface area contributed by atoms with Gasteiger partial charge in [-0.3, -0.25) is 4.79 Å². The van der Waals surface area contributed by atoms with Crippen LogP contribution in [-0.4, -0.2) is 43.8 Å². The topological polar surface area (TPSA) is 63.7 Å². The molecule has 1 aromatic carbocycles. The SMILES string of the molecule is O=C(CCCOc1cccc(Br)c1)Nc1ccc(N2CCOCC2)nc1. The van der Waals surface area contributed by atoms with E-state index < -0.39 is 0 Å². The number of benzene rings is 1. The van der Waals surface area contributed by atoms with Crippen molar-refractivity contribution in [1.29, 1.82) is 0 Å². The number of rotatable bonds is 7. The number of carbonyl (C=O) groups excluding carboxylic acids is 1. The van der Waals surface area contributed by atoms with Gasteiger partial charge in [-0.25, -0.2) is 4.98 Å². The molecule has 1 fully saturated rings. The normalized spacial score (nSPS) is 14.1. The molecular formula is C19H22BrN3O3. The first kappa shape index (κ1) is 18.7. The predicted octanol–water partition coefficient (Wildman–Crippen LogP) is 3.48. The molecule has 1 aliphatic heterocycles. The second-order valence-corrected chi connectivity index (χ2v) is 6.88. The Morgan fingerprint density at radius 1 is 1.27 bits per heavy atom. The van der Waals surface area contributed by atoms with Crippen LogP contribution in [0.4, 0.5) is 11.5 Å². The Morgan fingerprint density at radius 3 is 2.85 bits per heavy atom. The van der Waals surface area contributed by atoms with E-state index in [-0.39, 0.29) is 5.91 Å². The van der Waals surface area contributed by atoms with Crippen LogP contribution >= 0.6 is 15.9 Å². The summed E-state index contributed by atoms with van der Waals surface area (Å²) in [6, 6.07) is 11.5. The van der Waals surface area contributed by atoms with Gasteiger partial charge in [-0.2, -0.15) is 0 Å². The zero-order valence-corrected chi connectivity index (χ0v) is 16.1. The molecule has 1 saturated heterocycles. The van der Waals surface area contributed by atoms with E-state index in [1.54, 1.807) is 6.20 Å². The highest BCUT2D eigenvalue weighted by Crippen LogP contribution is 2.18. The quantitative estimate of drug-likeness (QED) is 0.695. The van der Waals surface area contributed by atoms with Gasteiger partial charge in [0.1, 0.15) is 11.6 Å². The molecule has 0 atom stereocenters. The molecule has 0 aliphatic carbocycles. The van der Waals surface area contributed by atoms with Crippen LogP contribution < -0.4 is 15.0 Å². The third kappa shape index (κ3) is 5.71. The summed E-state index contributed by atoms with van der Waals surface area (Å²) in [6.45, 7) is 3.63. The number of hydrogen-bond donors (Lipinski definition) is 1. The van der Waals surface area contributed by atoms with Crippen molar-refractivity contribution in [1.82, 2.24) is 4.98 Å². The molecular weight excluding hydrogens is 398 g/mol. The molecule has 2 heterocycles. The van der Waals surface area contributed by atoms with Gasteiger partial charge in [-0.1, -0.05) is 22.0 Å². The van der Waals surface area contributed by atoms with E-state index in [0.717, 1.165) is 42.3 Å². The average Bonchev–Trinajstić information content (AvgIpc) is 2.67. The number of hydrogen-bond acceptors (Lipinski definition) is 5. The molecule has 26 heavy (non-hydrogen) atoms. The van der Waals surface area contributed by atoms with E-state index in [9.17, 15) is 4.79 Å². The highest BCUT2D eigenvalue weighted by molar-refractivity contribution is 9.10. The van der Waals surface area contributed by atoms with E-state index in [2.05, 4.69) is 31.1 Å². The minimum absolute atomic E-state index is 0.0382. The van der Waals surface area contributed by atoms with Crippen molar-refractivity contribution in [2.24, 2.45) is 0 Å². The van der Waals surface area contributed by atoms with Gasteiger partial charge in [-0.15, -0.1) is 0 Å². The molecule has 0 radical (unpaired) electrons. The van der Waals surface area contributed by atoms with Gasteiger partial charge in [0.15, 0.2) is 0 Å². The molecule has 6 nitrogen and oxygen atoms in total. The number of carbonyl (C=O) groups is 1. The smallest absolute Gasteiger partial charge is 0.224 e. The lowest BCUT2D eigenvalue weighted by Crippen LogP contribution is -2.36. The van der Waals surface area contributed by atoms with Gasteiger partial charge in [0.25, 0.3) is 0 Å². The summed E-state index contributed by atoms with van der Waals surface area (Å²) in [5.41, 5.74) is 0.708. The molecule has 138 valence electrons. The highest BCUT2D eigenvalue weighted by atomic mass is 79.9. The maximum absolute atomic E-state index is 12.0. The third-order valence-electron chi connectivity index (χ3n) is 3.98. The first-order valence-electron chi connectivity index (χ1n) is 8.68. The monoisotopic (exact) mass is 419 g/mol. The molecule has 0 spiro atoms. The average molecular weight is 420 g/mol. The first-order valence-corrected chi connectivity index (χ1v) is 9.47. The summed E-state index contributed by atoms with van der Waals surface area (Å²) in [6.07, 6.45) is 2.75. The first-order chi connectivity index (χ1) is 12.7. The molecule has 0 saturated carbocycles. The minimum atomic E-state index is -0.0382.